The monoisotopic (exact) mass is 439 g/mol. The molecule has 0 amide bonds. The predicted octanol–water partition coefficient (Wildman–Crippen LogP) is 0.870. The van der Waals surface area contributed by atoms with Crippen molar-refractivity contribution < 1.29 is 35.4 Å². The summed E-state index contributed by atoms with van der Waals surface area (Å²) in [6.07, 6.45) is 0. The van der Waals surface area contributed by atoms with Crippen molar-refractivity contribution in [1.82, 2.24) is 0 Å². The Balaban J connectivity index is 0. The van der Waals surface area contributed by atoms with Gasteiger partial charge in [0, 0.05) is 31.1 Å². The molecule has 0 bridgehead atoms. The summed E-state index contributed by atoms with van der Waals surface area (Å²) < 4.78 is 10.5. The summed E-state index contributed by atoms with van der Waals surface area (Å²) in [6, 6.07) is 0. The summed E-state index contributed by atoms with van der Waals surface area (Å²) in [7, 11) is 2.19. The van der Waals surface area contributed by atoms with Gasteiger partial charge in [-0.25, -0.2) is 0 Å². The zero-order valence-corrected chi connectivity index (χ0v) is 10.5. The molecule has 31 valence electrons. The Hall–Kier alpha value is 2.27. The van der Waals surface area contributed by atoms with Crippen molar-refractivity contribution in [2.75, 3.05) is 0 Å². The maximum Gasteiger partial charge on any atom is 0.373 e. The fraction of sp³-hybridized carbons (Fsp3) is 0. The van der Waals surface area contributed by atoms with Crippen molar-refractivity contribution in [3.63, 3.8) is 0 Å². The number of hydrogen-bond acceptors (Lipinski definition) is 0. The van der Waals surface area contributed by atoms with E-state index >= 15 is 0 Å². The van der Waals surface area contributed by atoms with Crippen LogP contribution in [0.1, 0.15) is 0 Å². The molecule has 6 heavy (non-hydrogen) atoms. The van der Waals surface area contributed by atoms with Crippen LogP contribution in [0.4, 0.5) is 4.32 Å². The first-order chi connectivity index (χ1) is 2.27. The maximum atomic E-state index is 11.3. The van der Waals surface area contributed by atoms with Crippen LogP contribution in [0.25, 0.3) is 0 Å². The number of rotatable bonds is 1. The second-order valence-electron chi connectivity index (χ2n) is 0.527. The third-order valence-corrected chi connectivity index (χ3v) is 1.68. The molecule has 0 aliphatic heterocycles. The van der Waals surface area contributed by atoms with Gasteiger partial charge in [-0.15, -0.1) is 22.4 Å². The molecule has 0 aromatic rings. The SMILES string of the molecule is FB(I)[B]P.[U]. The van der Waals surface area contributed by atoms with Crippen molar-refractivity contribution in [1.29, 1.82) is 0 Å². The first kappa shape index (κ1) is 11.1. The summed E-state index contributed by atoms with van der Waals surface area (Å²) in [5.41, 5.74) is 0. The molecule has 0 N–H and O–H groups in total. The van der Waals surface area contributed by atoms with E-state index in [-0.39, 0.29) is 31.1 Å². The fourth-order valence-corrected chi connectivity index (χ4v) is 0. The zero-order chi connectivity index (χ0) is 4.28. The molecule has 0 saturated carbocycles. The van der Waals surface area contributed by atoms with Crippen LogP contribution >= 0.6 is 31.5 Å². The van der Waals surface area contributed by atoms with Crippen molar-refractivity contribution in [2.24, 2.45) is 0 Å². The summed E-state index contributed by atoms with van der Waals surface area (Å²) >= 11 is 1.66. The molecule has 0 rings (SSSR count). The van der Waals surface area contributed by atoms with E-state index in [0.29, 0.717) is 0 Å². The second-order valence-corrected chi connectivity index (χ2v) is 2.10. The van der Waals surface area contributed by atoms with Gasteiger partial charge >= 0.3 is 4.74 Å². The van der Waals surface area contributed by atoms with Gasteiger partial charge in [-0.05, 0) is 0 Å². The van der Waals surface area contributed by atoms with Crippen LogP contribution in [0.3, 0.4) is 0 Å². The van der Waals surface area contributed by atoms with Gasteiger partial charge in [-0.1, -0.05) is 0 Å². The van der Waals surface area contributed by atoms with E-state index in [1.165, 1.54) is 6.89 Å². The van der Waals surface area contributed by atoms with Gasteiger partial charge in [0.25, 0.3) is 0 Å². The molecule has 0 spiro atoms. The van der Waals surface area contributed by atoms with E-state index in [9.17, 15) is 4.32 Å². The van der Waals surface area contributed by atoms with Gasteiger partial charge in [0.2, 0.25) is 0 Å². The van der Waals surface area contributed by atoms with Gasteiger partial charge in [-0.3, -0.25) is 0 Å². The number of hydrogen-bond donors (Lipinski definition) is 0. The summed E-state index contributed by atoms with van der Waals surface area (Å²) in [5.74, 6) is 0. The first-order valence-electron chi connectivity index (χ1n) is 1.10. The maximum absolute atomic E-state index is 11.3. The van der Waals surface area contributed by atoms with E-state index in [4.69, 9.17) is 0 Å². The summed E-state index contributed by atoms with van der Waals surface area (Å²) in [5, 5.41) is 0. The van der Waals surface area contributed by atoms with Crippen LogP contribution in [0.5, 0.6) is 0 Å². The van der Waals surface area contributed by atoms with Gasteiger partial charge in [-0.2, -0.15) is 9.12 Å². The molecule has 0 saturated heterocycles. The van der Waals surface area contributed by atoms with E-state index in [1.54, 1.807) is 22.4 Å². The number of halogens is 2. The normalized spacial score (nSPS) is 5.83. The van der Waals surface area contributed by atoms with Crippen LogP contribution in [0.15, 0.2) is 0 Å². The molecule has 0 fully saturated rings. The molecule has 0 aliphatic rings. The van der Waals surface area contributed by atoms with Crippen LogP contribution in [0.2, 0.25) is 0 Å². The minimum Gasteiger partial charge on any atom is -0.332 e. The largest absolute Gasteiger partial charge is 0.373 e. The Morgan fingerprint density at radius 1 is 1.83 bits per heavy atom. The van der Waals surface area contributed by atoms with Gasteiger partial charge in [0.1, 0.15) is 0 Å². The fourth-order valence-electron chi connectivity index (χ4n) is 0. The quantitative estimate of drug-likeness (QED) is 0.324. The van der Waals surface area contributed by atoms with E-state index in [0.717, 1.165) is 0 Å². The topological polar surface area (TPSA) is 0 Å². The third-order valence-electron chi connectivity index (χ3n) is 0.145. The van der Waals surface area contributed by atoms with E-state index in [2.05, 4.69) is 9.12 Å². The zero-order valence-electron chi connectivity index (χ0n) is 2.99. The van der Waals surface area contributed by atoms with Crippen LogP contribution < -0.4 is 0 Å². The molecule has 1 unspecified atom stereocenters. The Kier molecular flexibility index (Phi) is 13.5. The average molecular weight is 439 g/mol. The Labute approximate surface area is 77.5 Å². The smallest absolute Gasteiger partial charge is 0.332 e. The predicted molar refractivity (Wildman–Crippen MR) is 36.3 cm³/mol. The average Bonchev–Trinajstić information content (AvgIpc) is 1.38. The standard InChI is InChI=1S/B2FH2IP.U/c3-2(4)1-5;/h5H2;. The molecule has 0 nitrogen and oxygen atoms in total. The molecule has 1 radical (unpaired) electrons. The minimum atomic E-state index is -0.808. The molecule has 1 atom stereocenters. The van der Waals surface area contributed by atoms with Crippen molar-refractivity contribution in [3.05, 3.63) is 0 Å². The van der Waals surface area contributed by atoms with Gasteiger partial charge in [0.05, 0.1) is 0 Å². The van der Waals surface area contributed by atoms with Crippen LogP contribution in [-0.2, 0) is 0 Å². The molecule has 0 aromatic heterocycles. The van der Waals surface area contributed by atoms with Crippen molar-refractivity contribution in [3.8, 4) is 0 Å². The minimum absolute atomic E-state index is 0. The molecular weight excluding hydrogens is 437 g/mol. The van der Waals surface area contributed by atoms with Crippen LogP contribution in [0, 0.1) is 31.1 Å². The van der Waals surface area contributed by atoms with E-state index in [1.807, 2.05) is 0 Å². The Morgan fingerprint density at radius 2 is 2.00 bits per heavy atom. The molecule has 6 heteroatoms. The molecule has 0 aromatic carbocycles. The summed E-state index contributed by atoms with van der Waals surface area (Å²) in [6.45, 7) is 1.40. The molecule has 0 aliphatic carbocycles. The third kappa shape index (κ3) is 9.55. The second kappa shape index (κ2) is 7.27. The Bertz CT molecular complexity index is 27.5. The van der Waals surface area contributed by atoms with Gasteiger partial charge < -0.3 is 4.32 Å². The van der Waals surface area contributed by atoms with Crippen LogP contribution in [-0.4, -0.2) is 11.6 Å². The summed E-state index contributed by atoms with van der Waals surface area (Å²) in [4.78, 5) is 0. The molecule has 0 heterocycles. The Morgan fingerprint density at radius 3 is 2.00 bits per heavy atom. The van der Waals surface area contributed by atoms with Crippen molar-refractivity contribution in [2.45, 2.75) is 0 Å². The van der Waals surface area contributed by atoms with E-state index < -0.39 is 4.74 Å². The van der Waals surface area contributed by atoms with Crippen molar-refractivity contribution >= 4 is 43.1 Å². The first-order valence-corrected chi connectivity index (χ1v) is 3.02. The van der Waals surface area contributed by atoms with Gasteiger partial charge in [0.15, 0.2) is 6.89 Å². The molecular formula is H2B2FIPU.